The minimum atomic E-state index is -3.67. The number of hydrogen-bond donors (Lipinski definition) is 1. The Morgan fingerprint density at radius 1 is 1.06 bits per heavy atom. The van der Waals surface area contributed by atoms with Gasteiger partial charge < -0.3 is 5.32 Å². The number of amides is 1. The maximum absolute atomic E-state index is 13.2. The van der Waals surface area contributed by atoms with Crippen LogP contribution in [0.15, 0.2) is 65.7 Å². The number of rotatable bonds is 6. The van der Waals surface area contributed by atoms with Crippen molar-refractivity contribution in [1.29, 1.82) is 0 Å². The molecule has 0 saturated carbocycles. The fourth-order valence-corrected chi connectivity index (χ4v) is 5.67. The summed E-state index contributed by atoms with van der Waals surface area (Å²) in [6, 6.07) is 16.4. The zero-order valence-electron chi connectivity index (χ0n) is 17.0. The number of sulfonamides is 1. The number of fused-ring (bicyclic) bond motifs is 1. The Hall–Kier alpha value is -2.48. The molecular formula is C23H24ClN3O3S. The summed E-state index contributed by atoms with van der Waals surface area (Å²) in [6.45, 7) is 1.18. The summed E-state index contributed by atoms with van der Waals surface area (Å²) in [5.41, 5.74) is 1.58. The highest BCUT2D eigenvalue weighted by Gasteiger charge is 2.33. The smallest absolute Gasteiger partial charge is 0.245 e. The molecule has 1 N–H and O–H groups in total. The SMILES string of the molecule is O=C(NCCc1ccc(Cl)cc1)C1CCN(S(=O)(=O)c2cccc3cccnc23)CC1. The average molecular weight is 458 g/mol. The van der Waals surface area contributed by atoms with E-state index in [2.05, 4.69) is 10.3 Å². The molecule has 2 heterocycles. The zero-order valence-corrected chi connectivity index (χ0v) is 18.6. The number of nitrogens with zero attached hydrogens (tertiary/aromatic N) is 2. The predicted molar refractivity (Wildman–Crippen MR) is 121 cm³/mol. The Kier molecular flexibility index (Phi) is 6.55. The van der Waals surface area contributed by atoms with Crippen molar-refractivity contribution < 1.29 is 13.2 Å². The highest BCUT2D eigenvalue weighted by Crippen LogP contribution is 2.27. The summed E-state index contributed by atoms with van der Waals surface area (Å²) >= 11 is 5.89. The molecule has 1 aromatic heterocycles. The molecule has 0 radical (unpaired) electrons. The third-order valence-corrected chi connectivity index (χ3v) is 7.85. The van der Waals surface area contributed by atoms with Crippen molar-refractivity contribution in [3.63, 3.8) is 0 Å². The maximum atomic E-state index is 13.2. The normalized spacial score (nSPS) is 15.8. The minimum absolute atomic E-state index is 0.0159. The van der Waals surface area contributed by atoms with Crippen molar-refractivity contribution in [2.45, 2.75) is 24.2 Å². The Balaban J connectivity index is 1.34. The van der Waals surface area contributed by atoms with Crippen molar-refractivity contribution in [3.8, 4) is 0 Å². The minimum Gasteiger partial charge on any atom is -0.356 e. The van der Waals surface area contributed by atoms with Crippen molar-refractivity contribution in [2.24, 2.45) is 5.92 Å². The molecule has 31 heavy (non-hydrogen) atoms. The molecule has 0 unspecified atom stereocenters. The number of aromatic nitrogens is 1. The van der Waals surface area contributed by atoms with E-state index in [1.165, 1.54) is 4.31 Å². The van der Waals surface area contributed by atoms with Crippen LogP contribution >= 0.6 is 11.6 Å². The van der Waals surface area contributed by atoms with Gasteiger partial charge in [-0.15, -0.1) is 0 Å². The van der Waals surface area contributed by atoms with Crippen LogP contribution in [0.1, 0.15) is 18.4 Å². The van der Waals surface area contributed by atoms with Crippen LogP contribution in [0.5, 0.6) is 0 Å². The van der Waals surface area contributed by atoms with Gasteiger partial charge in [-0.25, -0.2) is 8.42 Å². The predicted octanol–water partition coefficient (Wildman–Crippen LogP) is 3.65. The topological polar surface area (TPSA) is 79.4 Å². The number of carbonyl (C=O) groups excluding carboxylic acids is 1. The molecule has 1 amide bonds. The van der Waals surface area contributed by atoms with Gasteiger partial charge in [0.15, 0.2) is 0 Å². The van der Waals surface area contributed by atoms with Crippen molar-refractivity contribution in [3.05, 3.63) is 71.4 Å². The van der Waals surface area contributed by atoms with Crippen LogP contribution in [-0.4, -0.2) is 43.2 Å². The summed E-state index contributed by atoms with van der Waals surface area (Å²) in [6.07, 6.45) is 3.33. The van der Waals surface area contributed by atoms with E-state index in [-0.39, 0.29) is 16.7 Å². The van der Waals surface area contributed by atoms with E-state index in [9.17, 15) is 13.2 Å². The molecular weight excluding hydrogens is 434 g/mol. The van der Waals surface area contributed by atoms with Gasteiger partial charge in [-0.3, -0.25) is 9.78 Å². The molecule has 8 heteroatoms. The maximum Gasteiger partial charge on any atom is 0.245 e. The first-order valence-corrected chi connectivity index (χ1v) is 12.1. The van der Waals surface area contributed by atoms with Crippen LogP contribution in [0, 0.1) is 5.92 Å². The summed E-state index contributed by atoms with van der Waals surface area (Å²) in [7, 11) is -3.67. The zero-order chi connectivity index (χ0) is 21.8. The van der Waals surface area contributed by atoms with Gasteiger partial charge in [0.1, 0.15) is 4.90 Å². The van der Waals surface area contributed by atoms with Gasteiger partial charge in [0.05, 0.1) is 5.52 Å². The number of para-hydroxylation sites is 1. The van der Waals surface area contributed by atoms with Crippen LogP contribution in [0.2, 0.25) is 5.02 Å². The summed E-state index contributed by atoms with van der Waals surface area (Å²) < 4.78 is 27.9. The molecule has 1 saturated heterocycles. The number of hydrogen-bond acceptors (Lipinski definition) is 4. The fraction of sp³-hybridized carbons (Fsp3) is 0.304. The van der Waals surface area contributed by atoms with E-state index in [0.717, 1.165) is 17.4 Å². The highest BCUT2D eigenvalue weighted by molar-refractivity contribution is 7.89. The Labute approximate surface area is 187 Å². The molecule has 4 rings (SSSR count). The van der Waals surface area contributed by atoms with E-state index < -0.39 is 10.0 Å². The number of carbonyl (C=O) groups is 1. The molecule has 1 fully saturated rings. The monoisotopic (exact) mass is 457 g/mol. The summed E-state index contributed by atoms with van der Waals surface area (Å²) in [5, 5.41) is 4.45. The molecule has 1 aliphatic heterocycles. The second kappa shape index (κ2) is 9.34. The molecule has 0 aliphatic carbocycles. The lowest BCUT2D eigenvalue weighted by atomic mass is 9.97. The first kappa shape index (κ1) is 21.7. The molecule has 0 bridgehead atoms. The molecule has 0 spiro atoms. The average Bonchev–Trinajstić information content (AvgIpc) is 2.80. The lowest BCUT2D eigenvalue weighted by Gasteiger charge is -2.30. The van der Waals surface area contributed by atoms with E-state index in [4.69, 9.17) is 11.6 Å². The van der Waals surface area contributed by atoms with E-state index >= 15 is 0 Å². The van der Waals surface area contributed by atoms with E-state index in [1.54, 1.807) is 24.4 Å². The molecule has 6 nitrogen and oxygen atoms in total. The quantitative estimate of drug-likeness (QED) is 0.612. The Morgan fingerprint density at radius 3 is 2.52 bits per heavy atom. The van der Waals surface area contributed by atoms with Crippen molar-refractivity contribution in [1.82, 2.24) is 14.6 Å². The lowest BCUT2D eigenvalue weighted by Crippen LogP contribution is -2.43. The van der Waals surface area contributed by atoms with Crippen LogP contribution in [0.3, 0.4) is 0 Å². The van der Waals surface area contributed by atoms with Crippen LogP contribution in [0.4, 0.5) is 0 Å². The van der Waals surface area contributed by atoms with Gasteiger partial charge in [0.25, 0.3) is 0 Å². The van der Waals surface area contributed by atoms with Gasteiger partial charge in [-0.05, 0) is 49.1 Å². The number of pyridine rings is 1. The van der Waals surface area contributed by atoms with Crippen LogP contribution < -0.4 is 5.32 Å². The van der Waals surface area contributed by atoms with Gasteiger partial charge in [0, 0.05) is 42.2 Å². The van der Waals surface area contributed by atoms with Gasteiger partial charge in [-0.1, -0.05) is 41.9 Å². The lowest BCUT2D eigenvalue weighted by molar-refractivity contribution is -0.126. The Bertz CT molecular complexity index is 1170. The number of nitrogens with one attached hydrogen (secondary N) is 1. The molecule has 0 atom stereocenters. The van der Waals surface area contributed by atoms with E-state index in [0.29, 0.717) is 43.0 Å². The number of piperidine rings is 1. The van der Waals surface area contributed by atoms with Gasteiger partial charge >= 0.3 is 0 Å². The summed E-state index contributed by atoms with van der Waals surface area (Å²) in [5.74, 6) is -0.194. The second-order valence-corrected chi connectivity index (χ2v) is 10.0. The van der Waals surface area contributed by atoms with Crippen LogP contribution in [0.25, 0.3) is 10.9 Å². The number of benzene rings is 2. The third-order valence-electron chi connectivity index (χ3n) is 5.66. The summed E-state index contributed by atoms with van der Waals surface area (Å²) in [4.78, 5) is 17.0. The largest absolute Gasteiger partial charge is 0.356 e. The van der Waals surface area contributed by atoms with Gasteiger partial charge in [0.2, 0.25) is 15.9 Å². The van der Waals surface area contributed by atoms with E-state index in [1.807, 2.05) is 36.4 Å². The fourth-order valence-electron chi connectivity index (χ4n) is 3.91. The second-order valence-electron chi connectivity index (χ2n) is 7.68. The molecule has 3 aromatic rings. The Morgan fingerprint density at radius 2 is 1.77 bits per heavy atom. The first-order valence-electron chi connectivity index (χ1n) is 10.3. The highest BCUT2D eigenvalue weighted by atomic mass is 35.5. The number of halogens is 1. The van der Waals surface area contributed by atoms with Gasteiger partial charge in [-0.2, -0.15) is 4.31 Å². The van der Waals surface area contributed by atoms with Crippen molar-refractivity contribution in [2.75, 3.05) is 19.6 Å². The molecule has 2 aromatic carbocycles. The molecule has 1 aliphatic rings. The third kappa shape index (κ3) is 4.89. The first-order chi connectivity index (χ1) is 14.9. The van der Waals surface area contributed by atoms with Crippen LogP contribution in [-0.2, 0) is 21.2 Å². The standard InChI is InChI=1S/C23H24ClN3O3S/c24-20-8-6-17(7-9-20)10-14-26-23(28)19-11-15-27(16-12-19)31(29,30)21-5-1-3-18-4-2-13-25-22(18)21/h1-9,13,19H,10-12,14-16H2,(H,26,28). The van der Waals surface area contributed by atoms with Crippen molar-refractivity contribution >= 4 is 38.4 Å². The molecule has 162 valence electrons.